The molecular weight excluding hydrogens is 264 g/mol. The van der Waals surface area contributed by atoms with Gasteiger partial charge in [-0.3, -0.25) is 9.69 Å². The van der Waals surface area contributed by atoms with E-state index in [1.54, 1.807) is 12.4 Å². The first kappa shape index (κ1) is 14.4. The molecule has 1 atom stereocenters. The van der Waals surface area contributed by atoms with Gasteiger partial charge in [0, 0.05) is 56.5 Å². The maximum atomic E-state index is 12.3. The van der Waals surface area contributed by atoms with Crippen molar-refractivity contribution in [3.8, 4) is 0 Å². The zero-order chi connectivity index (χ0) is 14.9. The zero-order valence-electron chi connectivity index (χ0n) is 13.0. The Morgan fingerprint density at radius 2 is 1.86 bits per heavy atom. The van der Waals surface area contributed by atoms with E-state index in [9.17, 15) is 4.79 Å². The van der Waals surface area contributed by atoms with Crippen LogP contribution >= 0.6 is 0 Å². The van der Waals surface area contributed by atoms with Crippen molar-refractivity contribution in [1.29, 1.82) is 0 Å². The lowest BCUT2D eigenvalue weighted by atomic mass is 9.89. The van der Waals surface area contributed by atoms with Crippen molar-refractivity contribution in [1.82, 2.24) is 14.9 Å². The van der Waals surface area contributed by atoms with E-state index in [2.05, 4.69) is 33.6 Å². The fourth-order valence-corrected chi connectivity index (χ4v) is 3.41. The third kappa shape index (κ3) is 3.07. The first-order chi connectivity index (χ1) is 10.1. The molecule has 0 aromatic carbocycles. The summed E-state index contributed by atoms with van der Waals surface area (Å²) in [4.78, 5) is 25.6. The van der Waals surface area contributed by atoms with Crippen LogP contribution in [-0.4, -0.2) is 53.4 Å². The molecule has 0 radical (unpaired) electrons. The Kier molecular flexibility index (Phi) is 3.93. The van der Waals surface area contributed by atoms with Crippen LogP contribution in [-0.2, 0) is 4.79 Å². The molecule has 1 aliphatic carbocycles. The number of aromatic nitrogens is 2. The second-order valence-electron chi connectivity index (χ2n) is 6.82. The molecule has 1 saturated carbocycles. The summed E-state index contributed by atoms with van der Waals surface area (Å²) in [5.41, 5.74) is -0.107. The van der Waals surface area contributed by atoms with Crippen molar-refractivity contribution in [3.05, 3.63) is 18.5 Å². The van der Waals surface area contributed by atoms with E-state index in [0.717, 1.165) is 51.5 Å². The molecule has 5 heteroatoms. The van der Waals surface area contributed by atoms with Gasteiger partial charge in [0.2, 0.25) is 5.95 Å². The predicted molar refractivity (Wildman–Crippen MR) is 82.2 cm³/mol. The van der Waals surface area contributed by atoms with Gasteiger partial charge in [0.1, 0.15) is 5.78 Å². The Labute approximate surface area is 126 Å². The molecule has 0 amide bonds. The van der Waals surface area contributed by atoms with Crippen LogP contribution in [0.3, 0.4) is 0 Å². The quantitative estimate of drug-likeness (QED) is 0.845. The molecule has 2 heterocycles. The topological polar surface area (TPSA) is 49.3 Å². The summed E-state index contributed by atoms with van der Waals surface area (Å²) < 4.78 is 0. The van der Waals surface area contributed by atoms with Crippen molar-refractivity contribution < 1.29 is 4.79 Å². The highest BCUT2D eigenvalue weighted by atomic mass is 16.1. The van der Waals surface area contributed by atoms with Crippen LogP contribution in [0.25, 0.3) is 0 Å². The fraction of sp³-hybridized carbons (Fsp3) is 0.688. The molecule has 1 aromatic rings. The summed E-state index contributed by atoms with van der Waals surface area (Å²) in [5, 5.41) is 0. The molecule has 1 aromatic heterocycles. The lowest BCUT2D eigenvalue weighted by Gasteiger charge is -2.35. The number of rotatable bonds is 3. The molecule has 0 spiro atoms. The molecular formula is C16H24N4O. The van der Waals surface area contributed by atoms with Crippen molar-refractivity contribution in [2.75, 3.05) is 37.6 Å². The average molecular weight is 288 g/mol. The fourth-order valence-electron chi connectivity index (χ4n) is 3.41. The highest BCUT2D eigenvalue weighted by molar-refractivity contribution is 5.88. The lowest BCUT2D eigenvalue weighted by molar-refractivity contribution is -0.128. The molecule has 1 saturated heterocycles. The van der Waals surface area contributed by atoms with Crippen LogP contribution < -0.4 is 4.90 Å². The van der Waals surface area contributed by atoms with Gasteiger partial charge in [0.25, 0.3) is 0 Å². The number of nitrogens with zero attached hydrogens (tertiary/aromatic N) is 4. The first-order valence-corrected chi connectivity index (χ1v) is 7.85. The van der Waals surface area contributed by atoms with Gasteiger partial charge >= 0.3 is 0 Å². The third-order valence-corrected chi connectivity index (χ3v) is 4.84. The van der Waals surface area contributed by atoms with Crippen molar-refractivity contribution >= 4 is 11.7 Å². The highest BCUT2D eigenvalue weighted by Crippen LogP contribution is 2.37. The van der Waals surface area contributed by atoms with Crippen LogP contribution in [0.5, 0.6) is 0 Å². The Balaban J connectivity index is 1.52. The van der Waals surface area contributed by atoms with Crippen molar-refractivity contribution in [2.45, 2.75) is 26.7 Å². The van der Waals surface area contributed by atoms with E-state index in [0.29, 0.717) is 5.78 Å². The Hall–Kier alpha value is -1.49. The summed E-state index contributed by atoms with van der Waals surface area (Å²) in [5.74, 6) is 1.51. The van der Waals surface area contributed by atoms with Crippen LogP contribution in [0.15, 0.2) is 18.5 Å². The minimum absolute atomic E-state index is 0.107. The van der Waals surface area contributed by atoms with E-state index in [-0.39, 0.29) is 11.3 Å². The number of hydrogen-bond donors (Lipinski definition) is 0. The monoisotopic (exact) mass is 288 g/mol. The molecule has 0 bridgehead atoms. The van der Waals surface area contributed by atoms with Crippen LogP contribution in [0.2, 0.25) is 0 Å². The van der Waals surface area contributed by atoms with Gasteiger partial charge in [-0.15, -0.1) is 0 Å². The number of piperazine rings is 1. The molecule has 2 aliphatic rings. The third-order valence-electron chi connectivity index (χ3n) is 4.84. The van der Waals surface area contributed by atoms with Gasteiger partial charge in [-0.05, 0) is 18.9 Å². The van der Waals surface area contributed by atoms with E-state index in [1.807, 2.05) is 6.07 Å². The minimum Gasteiger partial charge on any atom is -0.338 e. The maximum Gasteiger partial charge on any atom is 0.225 e. The number of carbonyl (C=O) groups is 1. The Bertz CT molecular complexity index is 494. The number of Topliss-reactive ketones (excluding diaryl/α,β-unsaturated/α-hetero) is 1. The van der Waals surface area contributed by atoms with Gasteiger partial charge in [0.15, 0.2) is 0 Å². The lowest BCUT2D eigenvalue weighted by Crippen LogP contribution is -2.48. The second-order valence-corrected chi connectivity index (χ2v) is 6.82. The van der Waals surface area contributed by atoms with Crippen molar-refractivity contribution in [3.63, 3.8) is 0 Å². The van der Waals surface area contributed by atoms with Gasteiger partial charge < -0.3 is 4.90 Å². The van der Waals surface area contributed by atoms with Crippen LogP contribution in [0.4, 0.5) is 5.95 Å². The standard InChI is InChI=1S/C16H24N4O/c1-16(2)5-4-13(14(16)21)12-19-8-10-20(11-9-19)15-17-6-3-7-18-15/h3,6-7,13H,4-5,8-12H2,1-2H3. The number of anilines is 1. The first-order valence-electron chi connectivity index (χ1n) is 7.85. The van der Waals surface area contributed by atoms with E-state index in [1.165, 1.54) is 0 Å². The summed E-state index contributed by atoms with van der Waals surface area (Å²) in [6, 6.07) is 1.84. The minimum atomic E-state index is -0.107. The average Bonchev–Trinajstić information content (AvgIpc) is 2.76. The Morgan fingerprint density at radius 1 is 1.19 bits per heavy atom. The normalized spacial score (nSPS) is 26.3. The molecule has 114 valence electrons. The van der Waals surface area contributed by atoms with E-state index < -0.39 is 0 Å². The molecule has 1 aliphatic heterocycles. The number of carbonyl (C=O) groups excluding carboxylic acids is 1. The van der Waals surface area contributed by atoms with E-state index >= 15 is 0 Å². The molecule has 0 N–H and O–H groups in total. The van der Waals surface area contributed by atoms with E-state index in [4.69, 9.17) is 0 Å². The highest BCUT2D eigenvalue weighted by Gasteiger charge is 2.41. The SMILES string of the molecule is CC1(C)CCC(CN2CCN(c3ncccn3)CC2)C1=O. The van der Waals surface area contributed by atoms with Crippen LogP contribution in [0.1, 0.15) is 26.7 Å². The summed E-state index contributed by atoms with van der Waals surface area (Å²) in [6.45, 7) is 8.94. The van der Waals surface area contributed by atoms with Crippen molar-refractivity contribution in [2.24, 2.45) is 11.3 Å². The van der Waals surface area contributed by atoms with Crippen LogP contribution in [0, 0.1) is 11.3 Å². The van der Waals surface area contributed by atoms with Gasteiger partial charge in [-0.1, -0.05) is 13.8 Å². The molecule has 21 heavy (non-hydrogen) atoms. The van der Waals surface area contributed by atoms with Gasteiger partial charge in [0.05, 0.1) is 0 Å². The van der Waals surface area contributed by atoms with Gasteiger partial charge in [-0.25, -0.2) is 9.97 Å². The largest absolute Gasteiger partial charge is 0.338 e. The zero-order valence-corrected chi connectivity index (χ0v) is 13.0. The number of hydrogen-bond acceptors (Lipinski definition) is 5. The Morgan fingerprint density at radius 3 is 2.43 bits per heavy atom. The molecule has 1 unspecified atom stereocenters. The summed E-state index contributed by atoms with van der Waals surface area (Å²) >= 11 is 0. The summed E-state index contributed by atoms with van der Waals surface area (Å²) in [6.07, 6.45) is 5.66. The van der Waals surface area contributed by atoms with Gasteiger partial charge in [-0.2, -0.15) is 0 Å². The number of ketones is 1. The second kappa shape index (κ2) is 5.72. The predicted octanol–water partition coefficient (Wildman–Crippen LogP) is 1.60. The molecule has 2 fully saturated rings. The summed E-state index contributed by atoms with van der Waals surface area (Å²) in [7, 11) is 0. The maximum absolute atomic E-state index is 12.3. The molecule has 5 nitrogen and oxygen atoms in total. The smallest absolute Gasteiger partial charge is 0.225 e. The molecule has 3 rings (SSSR count).